The van der Waals surface area contributed by atoms with Gasteiger partial charge in [0.05, 0.1) is 0 Å². The first-order valence-electron chi connectivity index (χ1n) is 9.39. The van der Waals surface area contributed by atoms with E-state index in [0.29, 0.717) is 17.6 Å². The molecule has 1 aromatic heterocycles. The molecule has 3 rings (SSSR count). The molecule has 3 aromatic rings. The van der Waals surface area contributed by atoms with Crippen molar-refractivity contribution in [3.63, 3.8) is 0 Å². The molecule has 0 amide bonds. The van der Waals surface area contributed by atoms with Crippen LogP contribution in [-0.2, 0) is 6.42 Å². The molecule has 0 N–H and O–H groups in total. The average molecular weight is 436 g/mol. The van der Waals surface area contributed by atoms with Gasteiger partial charge in [-0.25, -0.2) is 4.39 Å². The van der Waals surface area contributed by atoms with Gasteiger partial charge in [0.1, 0.15) is 12.4 Å². The van der Waals surface area contributed by atoms with Crippen molar-refractivity contribution >= 4 is 23.9 Å². The fourth-order valence-corrected chi connectivity index (χ4v) is 3.53. The Hall–Kier alpha value is -2.02. The van der Waals surface area contributed by atoms with Gasteiger partial charge in [0.2, 0.25) is 0 Å². The second-order valence-corrected chi connectivity index (χ2v) is 7.85. The minimum absolute atomic E-state index is 0. The van der Waals surface area contributed by atoms with Gasteiger partial charge in [-0.15, -0.1) is 12.4 Å². The maximum absolute atomic E-state index is 12.4. The number of alkyl halides is 1. The van der Waals surface area contributed by atoms with Crippen LogP contribution in [0.1, 0.15) is 22.3 Å². The van der Waals surface area contributed by atoms with Crippen molar-refractivity contribution in [3.05, 3.63) is 58.7 Å². The number of hydrogen-bond donors (Lipinski definition) is 0. The van der Waals surface area contributed by atoms with Gasteiger partial charge in [0, 0.05) is 30.2 Å². The van der Waals surface area contributed by atoms with E-state index in [1.54, 1.807) is 0 Å². The van der Waals surface area contributed by atoms with Crippen LogP contribution in [0.5, 0.6) is 10.9 Å². The summed E-state index contributed by atoms with van der Waals surface area (Å²) in [5, 5.41) is 0.536. The Morgan fingerprint density at radius 3 is 2.45 bits per heavy atom. The Bertz CT molecular complexity index is 930. The number of halogens is 2. The highest BCUT2D eigenvalue weighted by atomic mass is 35.5. The first kappa shape index (κ1) is 23.3. The van der Waals surface area contributed by atoms with Crippen LogP contribution in [0.15, 0.2) is 36.4 Å². The molecular weight excluding hydrogens is 409 g/mol. The van der Waals surface area contributed by atoms with E-state index in [2.05, 4.69) is 29.3 Å². The zero-order chi connectivity index (χ0) is 20.1. The Labute approximate surface area is 182 Å². The summed E-state index contributed by atoms with van der Waals surface area (Å²) in [6.45, 7) is 7.16. The number of likely N-dealkylation sites (N-methyl/N-ethyl adjacent to an activating group) is 1. The summed E-state index contributed by atoms with van der Waals surface area (Å²) in [7, 11) is 1.94. The van der Waals surface area contributed by atoms with E-state index in [0.717, 1.165) is 35.4 Å². The van der Waals surface area contributed by atoms with Crippen molar-refractivity contribution in [3.8, 4) is 22.3 Å². The summed E-state index contributed by atoms with van der Waals surface area (Å²) in [5.74, 6) is 1.48. The molecule has 0 aliphatic carbocycles. The van der Waals surface area contributed by atoms with Crippen molar-refractivity contribution in [1.29, 1.82) is 0 Å². The summed E-state index contributed by atoms with van der Waals surface area (Å²) in [4.78, 5) is 6.53. The number of rotatable bonds is 8. The zero-order valence-corrected chi connectivity index (χ0v) is 18.9. The Kier molecular flexibility index (Phi) is 8.56. The third kappa shape index (κ3) is 6.23. The number of ether oxygens (including phenoxy) is 1. The van der Waals surface area contributed by atoms with Crippen LogP contribution in [0.2, 0.25) is 0 Å². The molecule has 156 valence electrons. The van der Waals surface area contributed by atoms with Gasteiger partial charge >= 0.3 is 0 Å². The number of nitrogens with zero attached hydrogens (tertiary/aromatic N) is 3. The van der Waals surface area contributed by atoms with Crippen LogP contribution < -0.4 is 4.74 Å². The van der Waals surface area contributed by atoms with E-state index in [9.17, 15) is 4.39 Å². The second kappa shape index (κ2) is 10.7. The molecule has 2 aromatic carbocycles. The SMILES string of the molecule is Cc1ccc(-c2nsc(Oc3cc(C)c(CCN(C)CCF)cc3C)n2)cc1.Cl. The number of aryl methyl sites for hydroxylation is 3. The summed E-state index contributed by atoms with van der Waals surface area (Å²) in [5.41, 5.74) is 5.67. The van der Waals surface area contributed by atoms with Crippen LogP contribution >= 0.6 is 23.9 Å². The molecule has 0 bridgehead atoms. The van der Waals surface area contributed by atoms with Crippen LogP contribution in [0.4, 0.5) is 4.39 Å². The largest absolute Gasteiger partial charge is 0.430 e. The maximum atomic E-state index is 12.4. The second-order valence-electron chi connectivity index (χ2n) is 7.14. The van der Waals surface area contributed by atoms with Crippen molar-refractivity contribution in [2.45, 2.75) is 27.2 Å². The molecule has 0 spiro atoms. The molecule has 0 unspecified atom stereocenters. The van der Waals surface area contributed by atoms with Crippen LogP contribution in [0, 0.1) is 20.8 Å². The summed E-state index contributed by atoms with van der Waals surface area (Å²) >= 11 is 1.26. The Balaban J connectivity index is 0.00000300. The molecule has 7 heteroatoms. The fraction of sp³-hybridized carbons (Fsp3) is 0.364. The van der Waals surface area contributed by atoms with Crippen LogP contribution in [-0.4, -0.2) is 41.1 Å². The molecule has 0 aliphatic rings. The van der Waals surface area contributed by atoms with Gasteiger partial charge < -0.3 is 9.64 Å². The molecule has 0 saturated heterocycles. The number of benzene rings is 2. The third-order valence-electron chi connectivity index (χ3n) is 4.78. The van der Waals surface area contributed by atoms with Gasteiger partial charge in [-0.1, -0.05) is 35.9 Å². The topological polar surface area (TPSA) is 38.2 Å². The lowest BCUT2D eigenvalue weighted by Crippen LogP contribution is -2.23. The normalized spacial score (nSPS) is 10.8. The highest BCUT2D eigenvalue weighted by molar-refractivity contribution is 7.07. The van der Waals surface area contributed by atoms with Gasteiger partial charge in [0.25, 0.3) is 5.19 Å². The van der Waals surface area contributed by atoms with Crippen LogP contribution in [0.3, 0.4) is 0 Å². The van der Waals surface area contributed by atoms with Gasteiger partial charge in [0.15, 0.2) is 5.82 Å². The lowest BCUT2D eigenvalue weighted by Gasteiger charge is -2.16. The molecule has 0 atom stereocenters. The van der Waals surface area contributed by atoms with Crippen molar-refractivity contribution in [2.24, 2.45) is 0 Å². The van der Waals surface area contributed by atoms with Gasteiger partial charge in [-0.3, -0.25) is 0 Å². The van der Waals surface area contributed by atoms with Gasteiger partial charge in [-0.05, 0) is 57.0 Å². The van der Waals surface area contributed by atoms with Crippen LogP contribution in [0.25, 0.3) is 11.4 Å². The standard InChI is InChI=1S/C22H26FN3OS.ClH/c1-15-5-7-18(8-6-15)21-24-22(28-25-21)27-20-14-16(2)19(13-17(20)3)9-11-26(4)12-10-23;/h5-8,13-14H,9-12H2,1-4H3;1H. The number of hydrogen-bond acceptors (Lipinski definition) is 5. The van der Waals surface area contributed by atoms with E-state index in [1.165, 1.54) is 22.7 Å². The molecule has 0 aliphatic heterocycles. The van der Waals surface area contributed by atoms with Crippen molar-refractivity contribution in [1.82, 2.24) is 14.3 Å². The molecule has 0 saturated carbocycles. The highest BCUT2D eigenvalue weighted by Gasteiger charge is 2.12. The lowest BCUT2D eigenvalue weighted by atomic mass is 10.0. The molecule has 29 heavy (non-hydrogen) atoms. The monoisotopic (exact) mass is 435 g/mol. The van der Waals surface area contributed by atoms with Crippen molar-refractivity contribution in [2.75, 3.05) is 26.8 Å². The molecular formula is C22H27ClFN3OS. The van der Waals surface area contributed by atoms with E-state index in [1.807, 2.05) is 49.2 Å². The Morgan fingerprint density at radius 1 is 1.03 bits per heavy atom. The molecule has 0 radical (unpaired) electrons. The summed E-state index contributed by atoms with van der Waals surface area (Å²) < 4.78 is 22.9. The molecule has 1 heterocycles. The van der Waals surface area contributed by atoms with E-state index in [-0.39, 0.29) is 19.1 Å². The fourth-order valence-electron chi connectivity index (χ4n) is 2.96. The minimum atomic E-state index is -0.312. The third-order valence-corrected chi connectivity index (χ3v) is 5.37. The maximum Gasteiger partial charge on any atom is 0.299 e. The first-order valence-corrected chi connectivity index (χ1v) is 10.2. The predicted molar refractivity (Wildman–Crippen MR) is 120 cm³/mol. The van der Waals surface area contributed by atoms with E-state index < -0.39 is 0 Å². The Morgan fingerprint density at radius 2 is 1.76 bits per heavy atom. The minimum Gasteiger partial charge on any atom is -0.430 e. The van der Waals surface area contributed by atoms with E-state index in [4.69, 9.17) is 4.74 Å². The molecule has 4 nitrogen and oxygen atoms in total. The smallest absolute Gasteiger partial charge is 0.299 e. The summed E-state index contributed by atoms with van der Waals surface area (Å²) in [6, 6.07) is 12.3. The zero-order valence-electron chi connectivity index (χ0n) is 17.2. The highest BCUT2D eigenvalue weighted by Crippen LogP contribution is 2.31. The summed E-state index contributed by atoms with van der Waals surface area (Å²) in [6.07, 6.45) is 0.889. The lowest BCUT2D eigenvalue weighted by molar-refractivity contribution is 0.298. The predicted octanol–water partition coefficient (Wildman–Crippen LogP) is 5.79. The quantitative estimate of drug-likeness (QED) is 0.449. The van der Waals surface area contributed by atoms with Gasteiger partial charge in [-0.2, -0.15) is 9.36 Å². The number of aromatic nitrogens is 2. The van der Waals surface area contributed by atoms with E-state index >= 15 is 0 Å². The first-order chi connectivity index (χ1) is 13.5. The van der Waals surface area contributed by atoms with Crippen molar-refractivity contribution < 1.29 is 9.13 Å². The molecule has 0 fully saturated rings. The average Bonchev–Trinajstić information content (AvgIpc) is 3.12.